The SMILES string of the molecule is COc1ccc([C@H]2C[C@H](c3ccc(F)cc3)Nc3nc(N)nn32)cc1. The molecule has 0 bridgehead atoms. The first-order chi connectivity index (χ1) is 12.1. The Morgan fingerprint density at radius 2 is 1.80 bits per heavy atom. The monoisotopic (exact) mass is 339 g/mol. The van der Waals surface area contributed by atoms with Crippen LogP contribution in [0, 0.1) is 5.82 Å². The Kier molecular flexibility index (Phi) is 3.76. The standard InChI is InChI=1S/C18H18FN5O/c1-25-14-8-4-12(5-9-14)16-10-15(11-2-6-13(19)7-3-11)21-18-22-17(20)23-24(16)18/h2-9,15-16H,10H2,1H3,(H3,20,21,22,23)/t15-,16-/m1/s1. The van der Waals surface area contributed by atoms with Gasteiger partial charge in [0.1, 0.15) is 11.6 Å². The minimum atomic E-state index is -0.251. The van der Waals surface area contributed by atoms with Crippen molar-refractivity contribution >= 4 is 11.9 Å². The van der Waals surface area contributed by atoms with Gasteiger partial charge in [0.05, 0.1) is 19.2 Å². The van der Waals surface area contributed by atoms with Gasteiger partial charge < -0.3 is 15.8 Å². The van der Waals surface area contributed by atoms with E-state index in [1.54, 1.807) is 23.9 Å². The molecule has 4 rings (SSSR count). The largest absolute Gasteiger partial charge is 0.497 e. The first-order valence-corrected chi connectivity index (χ1v) is 8.02. The van der Waals surface area contributed by atoms with Crippen LogP contribution in [-0.2, 0) is 0 Å². The zero-order valence-corrected chi connectivity index (χ0v) is 13.7. The normalized spacial score (nSPS) is 19.1. The van der Waals surface area contributed by atoms with Crippen LogP contribution in [0.15, 0.2) is 48.5 Å². The lowest BCUT2D eigenvalue weighted by Crippen LogP contribution is -2.28. The summed E-state index contributed by atoms with van der Waals surface area (Å²) in [5.74, 6) is 1.38. The Morgan fingerprint density at radius 3 is 2.48 bits per heavy atom. The number of rotatable bonds is 3. The highest BCUT2D eigenvalue weighted by Crippen LogP contribution is 2.38. The first-order valence-electron chi connectivity index (χ1n) is 8.02. The number of methoxy groups -OCH3 is 1. The van der Waals surface area contributed by atoms with Crippen LogP contribution in [0.5, 0.6) is 5.75 Å². The number of ether oxygens (including phenoxy) is 1. The molecule has 25 heavy (non-hydrogen) atoms. The summed E-state index contributed by atoms with van der Waals surface area (Å²) in [6.07, 6.45) is 0.744. The van der Waals surface area contributed by atoms with E-state index in [1.807, 2.05) is 24.3 Å². The average molecular weight is 339 g/mol. The predicted octanol–water partition coefficient (Wildman–Crippen LogP) is 3.15. The number of benzene rings is 2. The Hall–Kier alpha value is -3.09. The lowest BCUT2D eigenvalue weighted by atomic mass is 9.93. The van der Waals surface area contributed by atoms with E-state index in [1.165, 1.54) is 12.1 Å². The van der Waals surface area contributed by atoms with Crippen molar-refractivity contribution in [2.75, 3.05) is 18.2 Å². The smallest absolute Gasteiger partial charge is 0.241 e. The number of halogens is 1. The summed E-state index contributed by atoms with van der Waals surface area (Å²) in [4.78, 5) is 4.27. The van der Waals surface area contributed by atoms with Crippen LogP contribution in [0.1, 0.15) is 29.6 Å². The number of nitrogens with two attached hydrogens (primary N) is 1. The minimum Gasteiger partial charge on any atom is -0.497 e. The first kappa shape index (κ1) is 15.4. The Labute approximate surface area is 144 Å². The maximum atomic E-state index is 13.2. The van der Waals surface area contributed by atoms with Crippen molar-refractivity contribution in [2.45, 2.75) is 18.5 Å². The van der Waals surface area contributed by atoms with Crippen LogP contribution < -0.4 is 15.8 Å². The highest BCUT2D eigenvalue weighted by atomic mass is 19.1. The number of hydrogen-bond donors (Lipinski definition) is 2. The molecule has 7 heteroatoms. The Bertz CT molecular complexity index is 875. The van der Waals surface area contributed by atoms with Gasteiger partial charge in [-0.25, -0.2) is 9.07 Å². The number of nitrogens with zero attached hydrogens (tertiary/aromatic N) is 3. The van der Waals surface area contributed by atoms with Gasteiger partial charge in [0, 0.05) is 0 Å². The van der Waals surface area contributed by atoms with Gasteiger partial charge in [-0.2, -0.15) is 4.98 Å². The second-order valence-corrected chi connectivity index (χ2v) is 6.01. The minimum absolute atomic E-state index is 0.0104. The number of fused-ring (bicyclic) bond motifs is 1. The lowest BCUT2D eigenvalue weighted by Gasteiger charge is -2.31. The predicted molar refractivity (Wildman–Crippen MR) is 92.9 cm³/mol. The van der Waals surface area contributed by atoms with Gasteiger partial charge in [-0.05, 0) is 41.8 Å². The summed E-state index contributed by atoms with van der Waals surface area (Å²) in [5, 5.41) is 7.66. The molecule has 1 aliphatic rings. The summed E-state index contributed by atoms with van der Waals surface area (Å²) >= 11 is 0. The summed E-state index contributed by atoms with van der Waals surface area (Å²) in [6.45, 7) is 0. The molecule has 1 aromatic heterocycles. The fourth-order valence-electron chi connectivity index (χ4n) is 3.21. The fraction of sp³-hybridized carbons (Fsp3) is 0.222. The van der Waals surface area contributed by atoms with Crippen LogP contribution in [0.25, 0.3) is 0 Å². The molecule has 0 aliphatic carbocycles. The number of anilines is 2. The van der Waals surface area contributed by atoms with Crippen molar-refractivity contribution in [1.82, 2.24) is 14.8 Å². The van der Waals surface area contributed by atoms with Crippen molar-refractivity contribution in [3.63, 3.8) is 0 Å². The molecule has 2 aromatic carbocycles. The second-order valence-electron chi connectivity index (χ2n) is 6.01. The molecule has 0 saturated carbocycles. The lowest BCUT2D eigenvalue weighted by molar-refractivity contribution is 0.411. The molecule has 0 saturated heterocycles. The maximum absolute atomic E-state index is 13.2. The van der Waals surface area contributed by atoms with E-state index in [0.717, 1.165) is 23.3 Å². The van der Waals surface area contributed by atoms with Gasteiger partial charge in [-0.15, -0.1) is 5.10 Å². The topological polar surface area (TPSA) is 78.0 Å². The van der Waals surface area contributed by atoms with Gasteiger partial charge >= 0.3 is 0 Å². The Balaban J connectivity index is 1.72. The molecule has 0 spiro atoms. The number of nitrogens with one attached hydrogen (secondary N) is 1. The number of aromatic nitrogens is 3. The van der Waals surface area contributed by atoms with Crippen LogP contribution >= 0.6 is 0 Å². The molecular weight excluding hydrogens is 321 g/mol. The van der Waals surface area contributed by atoms with E-state index in [-0.39, 0.29) is 23.8 Å². The van der Waals surface area contributed by atoms with Crippen molar-refractivity contribution in [1.29, 1.82) is 0 Å². The molecule has 0 amide bonds. The zero-order chi connectivity index (χ0) is 17.4. The molecular formula is C18H18FN5O. The van der Waals surface area contributed by atoms with E-state index in [4.69, 9.17) is 10.5 Å². The molecule has 0 radical (unpaired) electrons. The molecule has 1 aliphatic heterocycles. The molecule has 3 aromatic rings. The second kappa shape index (κ2) is 6.08. The maximum Gasteiger partial charge on any atom is 0.241 e. The van der Waals surface area contributed by atoms with Crippen molar-refractivity contribution in [3.05, 3.63) is 65.5 Å². The van der Waals surface area contributed by atoms with E-state index >= 15 is 0 Å². The van der Waals surface area contributed by atoms with Crippen molar-refractivity contribution in [3.8, 4) is 5.75 Å². The third kappa shape index (κ3) is 2.88. The summed E-state index contributed by atoms with van der Waals surface area (Å²) in [7, 11) is 1.64. The van der Waals surface area contributed by atoms with Crippen LogP contribution in [-0.4, -0.2) is 21.9 Å². The highest BCUT2D eigenvalue weighted by Gasteiger charge is 2.30. The van der Waals surface area contributed by atoms with E-state index < -0.39 is 0 Å². The molecule has 128 valence electrons. The molecule has 2 heterocycles. The summed E-state index contributed by atoms with van der Waals surface area (Å²) < 4.78 is 20.3. The molecule has 3 N–H and O–H groups in total. The zero-order valence-electron chi connectivity index (χ0n) is 13.7. The molecule has 0 unspecified atom stereocenters. The van der Waals surface area contributed by atoms with Gasteiger partial charge in [0.2, 0.25) is 11.9 Å². The summed E-state index contributed by atoms with van der Waals surface area (Å²) in [6, 6.07) is 14.3. The quantitative estimate of drug-likeness (QED) is 0.766. The molecule has 0 fully saturated rings. The third-order valence-corrected chi connectivity index (χ3v) is 4.48. The number of hydrogen-bond acceptors (Lipinski definition) is 5. The van der Waals surface area contributed by atoms with E-state index in [2.05, 4.69) is 15.4 Å². The molecule has 2 atom stereocenters. The van der Waals surface area contributed by atoms with Gasteiger partial charge in [0.15, 0.2) is 0 Å². The van der Waals surface area contributed by atoms with Gasteiger partial charge in [0.25, 0.3) is 0 Å². The van der Waals surface area contributed by atoms with Crippen LogP contribution in [0.3, 0.4) is 0 Å². The van der Waals surface area contributed by atoms with Gasteiger partial charge in [-0.3, -0.25) is 0 Å². The fourth-order valence-corrected chi connectivity index (χ4v) is 3.21. The molecule has 6 nitrogen and oxygen atoms in total. The van der Waals surface area contributed by atoms with Crippen LogP contribution in [0.4, 0.5) is 16.3 Å². The van der Waals surface area contributed by atoms with E-state index in [9.17, 15) is 4.39 Å². The van der Waals surface area contributed by atoms with Crippen LogP contribution in [0.2, 0.25) is 0 Å². The highest BCUT2D eigenvalue weighted by molar-refractivity contribution is 5.42. The summed E-state index contributed by atoms with van der Waals surface area (Å²) in [5.41, 5.74) is 7.87. The van der Waals surface area contributed by atoms with E-state index in [0.29, 0.717) is 5.95 Å². The Morgan fingerprint density at radius 1 is 1.12 bits per heavy atom. The number of nitrogen functional groups attached to an aromatic ring is 1. The average Bonchev–Trinajstić information content (AvgIpc) is 3.01. The van der Waals surface area contributed by atoms with Gasteiger partial charge in [-0.1, -0.05) is 24.3 Å². The third-order valence-electron chi connectivity index (χ3n) is 4.48. The van der Waals surface area contributed by atoms with Crippen molar-refractivity contribution in [2.24, 2.45) is 0 Å². The van der Waals surface area contributed by atoms with Crippen molar-refractivity contribution < 1.29 is 9.13 Å².